The normalized spacial score (nSPS) is 10.6. The molecule has 0 aliphatic carbocycles. The Morgan fingerprint density at radius 2 is 1.52 bits per heavy atom. The van der Waals surface area contributed by atoms with E-state index in [-0.39, 0.29) is 24.2 Å². The zero-order valence-electron chi connectivity index (χ0n) is 16.3. The van der Waals surface area contributed by atoms with E-state index in [0.717, 1.165) is 0 Å². The van der Waals surface area contributed by atoms with Gasteiger partial charge in [0.25, 0.3) is 5.91 Å². The predicted octanol–water partition coefficient (Wildman–Crippen LogP) is 4.25. The van der Waals surface area contributed by atoms with Crippen LogP contribution >= 0.6 is 0 Å². The van der Waals surface area contributed by atoms with Crippen molar-refractivity contribution in [3.63, 3.8) is 0 Å². The molecule has 5 nitrogen and oxygen atoms in total. The van der Waals surface area contributed by atoms with Gasteiger partial charge in [-0.25, -0.2) is 4.39 Å². The maximum atomic E-state index is 14.0. The molecule has 3 aromatic carbocycles. The Morgan fingerprint density at radius 1 is 0.862 bits per heavy atom. The van der Waals surface area contributed by atoms with Crippen molar-refractivity contribution in [3.8, 4) is 11.1 Å². The van der Waals surface area contributed by atoms with E-state index in [1.807, 2.05) is 14.1 Å². The molecular formula is C23H22FN3O2. The van der Waals surface area contributed by atoms with Crippen molar-refractivity contribution in [2.24, 2.45) is 0 Å². The van der Waals surface area contributed by atoms with Crippen molar-refractivity contribution >= 4 is 23.2 Å². The maximum Gasteiger partial charge on any atom is 0.255 e. The molecule has 3 rings (SSSR count). The number of amides is 2. The van der Waals surface area contributed by atoms with Gasteiger partial charge in [0.1, 0.15) is 5.82 Å². The van der Waals surface area contributed by atoms with E-state index in [2.05, 4.69) is 10.6 Å². The molecule has 0 atom stereocenters. The standard InChI is InChI=1S/C23H22FN3O2/c1-27(2)15-22(28)25-18-10-12-19(13-11-18)26-23(29)17-7-5-6-16(14-17)20-8-3-4-9-21(20)24/h3-14H,15H2,1-2H3,(H,25,28)(H,26,29). The third kappa shape index (κ3) is 5.49. The first-order valence-electron chi connectivity index (χ1n) is 9.13. The second kappa shape index (κ2) is 9.12. The van der Waals surface area contributed by atoms with Crippen LogP contribution in [0.2, 0.25) is 0 Å². The highest BCUT2D eigenvalue weighted by molar-refractivity contribution is 6.05. The fourth-order valence-electron chi connectivity index (χ4n) is 2.85. The number of rotatable bonds is 6. The number of hydrogen-bond donors (Lipinski definition) is 2. The second-order valence-electron chi connectivity index (χ2n) is 6.88. The third-order valence-electron chi connectivity index (χ3n) is 4.20. The maximum absolute atomic E-state index is 14.0. The fourth-order valence-corrected chi connectivity index (χ4v) is 2.85. The van der Waals surface area contributed by atoms with Crippen LogP contribution in [0.1, 0.15) is 10.4 Å². The molecule has 0 saturated heterocycles. The highest BCUT2D eigenvalue weighted by atomic mass is 19.1. The van der Waals surface area contributed by atoms with Gasteiger partial charge in [0, 0.05) is 22.5 Å². The zero-order chi connectivity index (χ0) is 20.8. The average molecular weight is 391 g/mol. The molecule has 0 unspecified atom stereocenters. The molecule has 0 aliphatic rings. The number of likely N-dealkylation sites (N-methyl/N-ethyl adjacent to an activating group) is 1. The Hall–Kier alpha value is -3.51. The number of nitrogens with zero attached hydrogens (tertiary/aromatic N) is 1. The summed E-state index contributed by atoms with van der Waals surface area (Å²) in [6, 6.07) is 20.1. The van der Waals surface area contributed by atoms with E-state index in [9.17, 15) is 14.0 Å². The first-order valence-corrected chi connectivity index (χ1v) is 9.13. The number of anilines is 2. The Balaban J connectivity index is 1.68. The summed E-state index contributed by atoms with van der Waals surface area (Å²) in [5.41, 5.74) is 2.75. The summed E-state index contributed by atoms with van der Waals surface area (Å²) < 4.78 is 14.0. The molecule has 0 spiro atoms. The Morgan fingerprint density at radius 3 is 2.17 bits per heavy atom. The van der Waals surface area contributed by atoms with E-state index in [1.54, 1.807) is 71.6 Å². The van der Waals surface area contributed by atoms with Gasteiger partial charge >= 0.3 is 0 Å². The van der Waals surface area contributed by atoms with Crippen LogP contribution in [0, 0.1) is 5.82 Å². The average Bonchev–Trinajstić information content (AvgIpc) is 2.69. The van der Waals surface area contributed by atoms with Crippen molar-refractivity contribution in [2.75, 3.05) is 31.3 Å². The van der Waals surface area contributed by atoms with Crippen molar-refractivity contribution < 1.29 is 14.0 Å². The molecule has 2 amide bonds. The minimum Gasteiger partial charge on any atom is -0.325 e. The minimum absolute atomic E-state index is 0.114. The van der Waals surface area contributed by atoms with Crippen LogP contribution in [-0.2, 0) is 4.79 Å². The molecule has 0 bridgehead atoms. The highest BCUT2D eigenvalue weighted by Crippen LogP contribution is 2.24. The topological polar surface area (TPSA) is 61.4 Å². The molecule has 3 aromatic rings. The monoisotopic (exact) mass is 391 g/mol. The number of carbonyl (C=O) groups is 2. The minimum atomic E-state index is -0.336. The number of halogens is 1. The zero-order valence-corrected chi connectivity index (χ0v) is 16.3. The van der Waals surface area contributed by atoms with Gasteiger partial charge < -0.3 is 15.5 Å². The smallest absolute Gasteiger partial charge is 0.255 e. The van der Waals surface area contributed by atoms with Gasteiger partial charge in [-0.2, -0.15) is 0 Å². The summed E-state index contributed by atoms with van der Waals surface area (Å²) in [5, 5.41) is 5.60. The Kier molecular flexibility index (Phi) is 6.36. The van der Waals surface area contributed by atoms with E-state index in [4.69, 9.17) is 0 Å². The predicted molar refractivity (Wildman–Crippen MR) is 113 cm³/mol. The van der Waals surface area contributed by atoms with E-state index >= 15 is 0 Å². The largest absolute Gasteiger partial charge is 0.325 e. The van der Waals surface area contributed by atoms with E-state index in [1.165, 1.54) is 6.07 Å². The molecule has 2 N–H and O–H groups in total. The lowest BCUT2D eigenvalue weighted by Crippen LogP contribution is -2.27. The molecule has 0 radical (unpaired) electrons. The molecule has 0 saturated carbocycles. The van der Waals surface area contributed by atoms with Gasteiger partial charge in [-0.1, -0.05) is 30.3 Å². The van der Waals surface area contributed by atoms with Crippen molar-refractivity contribution in [3.05, 3.63) is 84.2 Å². The SMILES string of the molecule is CN(C)CC(=O)Nc1ccc(NC(=O)c2cccc(-c3ccccc3F)c2)cc1. The number of hydrogen-bond acceptors (Lipinski definition) is 3. The molecule has 6 heteroatoms. The number of nitrogens with one attached hydrogen (secondary N) is 2. The van der Waals surface area contributed by atoms with Crippen molar-refractivity contribution in [1.82, 2.24) is 4.90 Å². The first-order chi connectivity index (χ1) is 13.9. The molecular weight excluding hydrogens is 369 g/mol. The van der Waals surface area contributed by atoms with Crippen LogP contribution in [0.5, 0.6) is 0 Å². The second-order valence-corrected chi connectivity index (χ2v) is 6.88. The number of carbonyl (C=O) groups excluding carboxylic acids is 2. The van der Waals surface area contributed by atoms with Crippen LogP contribution in [0.3, 0.4) is 0 Å². The first kappa shape index (κ1) is 20.2. The molecule has 0 aliphatic heterocycles. The number of benzene rings is 3. The Bertz CT molecular complexity index is 1020. The van der Waals surface area contributed by atoms with Crippen LogP contribution in [0.25, 0.3) is 11.1 Å². The summed E-state index contributed by atoms with van der Waals surface area (Å²) in [4.78, 5) is 26.2. The van der Waals surface area contributed by atoms with Crippen LogP contribution in [-0.4, -0.2) is 37.4 Å². The van der Waals surface area contributed by atoms with Crippen LogP contribution in [0.4, 0.5) is 15.8 Å². The van der Waals surface area contributed by atoms with Gasteiger partial charge in [-0.05, 0) is 62.1 Å². The van der Waals surface area contributed by atoms with E-state index in [0.29, 0.717) is 28.1 Å². The summed E-state index contributed by atoms with van der Waals surface area (Å²) in [5.74, 6) is -0.749. The van der Waals surface area contributed by atoms with Crippen molar-refractivity contribution in [2.45, 2.75) is 0 Å². The van der Waals surface area contributed by atoms with Gasteiger partial charge in [-0.15, -0.1) is 0 Å². The molecule has 148 valence electrons. The van der Waals surface area contributed by atoms with Gasteiger partial charge in [-0.3, -0.25) is 9.59 Å². The molecule has 0 fully saturated rings. The lowest BCUT2D eigenvalue weighted by Gasteiger charge is -2.11. The third-order valence-corrected chi connectivity index (χ3v) is 4.20. The van der Waals surface area contributed by atoms with Crippen LogP contribution < -0.4 is 10.6 Å². The molecule has 0 aromatic heterocycles. The Labute approximate surface area is 169 Å². The lowest BCUT2D eigenvalue weighted by atomic mass is 10.0. The van der Waals surface area contributed by atoms with Crippen LogP contribution in [0.15, 0.2) is 72.8 Å². The quantitative estimate of drug-likeness (QED) is 0.661. The summed E-state index contributed by atoms with van der Waals surface area (Å²) >= 11 is 0. The lowest BCUT2D eigenvalue weighted by molar-refractivity contribution is -0.116. The van der Waals surface area contributed by atoms with Gasteiger partial charge in [0.05, 0.1) is 6.54 Å². The van der Waals surface area contributed by atoms with Gasteiger partial charge in [0.15, 0.2) is 0 Å². The summed E-state index contributed by atoms with van der Waals surface area (Å²) in [6.07, 6.45) is 0. The summed E-state index contributed by atoms with van der Waals surface area (Å²) in [6.45, 7) is 0.289. The highest BCUT2D eigenvalue weighted by Gasteiger charge is 2.10. The fraction of sp³-hybridized carbons (Fsp3) is 0.130. The molecule has 29 heavy (non-hydrogen) atoms. The van der Waals surface area contributed by atoms with Crippen molar-refractivity contribution in [1.29, 1.82) is 0 Å². The molecule has 0 heterocycles. The summed E-state index contributed by atoms with van der Waals surface area (Å²) in [7, 11) is 3.64. The van der Waals surface area contributed by atoms with Gasteiger partial charge in [0.2, 0.25) is 5.91 Å². The van der Waals surface area contributed by atoms with E-state index < -0.39 is 0 Å².